The predicted octanol–water partition coefficient (Wildman–Crippen LogP) is 3.11. The summed E-state index contributed by atoms with van der Waals surface area (Å²) in [6.07, 6.45) is 5.13. The summed E-state index contributed by atoms with van der Waals surface area (Å²) in [5.41, 5.74) is 3.65. The first-order valence-electron chi connectivity index (χ1n) is 7.05. The second kappa shape index (κ2) is 5.11. The van der Waals surface area contributed by atoms with Gasteiger partial charge in [0.2, 0.25) is 0 Å². The molecule has 3 nitrogen and oxygen atoms in total. The van der Waals surface area contributed by atoms with E-state index in [1.807, 2.05) is 0 Å². The van der Waals surface area contributed by atoms with E-state index in [2.05, 4.69) is 40.0 Å². The summed E-state index contributed by atoms with van der Waals surface area (Å²) in [4.78, 5) is 10.7. The lowest BCUT2D eigenvalue weighted by molar-refractivity contribution is 0.216. The van der Waals surface area contributed by atoms with E-state index in [-0.39, 0.29) is 0 Å². The lowest BCUT2D eigenvalue weighted by Crippen LogP contribution is -2.29. The monoisotopic (exact) mass is 243 g/mol. The predicted molar refractivity (Wildman–Crippen MR) is 74.6 cm³/mol. The Kier molecular flexibility index (Phi) is 3.33. The van der Waals surface area contributed by atoms with Gasteiger partial charge in [-0.15, -0.1) is 0 Å². The van der Waals surface area contributed by atoms with Gasteiger partial charge in [-0.25, -0.2) is 4.98 Å². The zero-order valence-corrected chi connectivity index (χ0v) is 11.1. The first-order valence-corrected chi connectivity index (χ1v) is 7.05. The van der Waals surface area contributed by atoms with Crippen molar-refractivity contribution in [2.75, 3.05) is 13.1 Å². The van der Waals surface area contributed by atoms with Crippen LogP contribution in [0.2, 0.25) is 0 Å². The number of benzene rings is 1. The van der Waals surface area contributed by atoms with Crippen LogP contribution >= 0.6 is 0 Å². The van der Waals surface area contributed by atoms with Crippen LogP contribution in [0.5, 0.6) is 0 Å². The third-order valence-electron chi connectivity index (χ3n) is 3.83. The minimum atomic E-state index is 0.968. The van der Waals surface area contributed by atoms with Crippen LogP contribution in [-0.2, 0) is 13.0 Å². The third kappa shape index (κ3) is 2.41. The fraction of sp³-hybridized carbons (Fsp3) is 0.533. The van der Waals surface area contributed by atoms with E-state index >= 15 is 0 Å². The van der Waals surface area contributed by atoms with Crippen LogP contribution in [0.3, 0.4) is 0 Å². The number of fused-ring (bicyclic) bond motifs is 1. The van der Waals surface area contributed by atoms with Crippen LogP contribution in [0, 0.1) is 0 Å². The van der Waals surface area contributed by atoms with Gasteiger partial charge in [-0.2, -0.15) is 0 Å². The van der Waals surface area contributed by atoms with Crippen LogP contribution in [0.15, 0.2) is 18.2 Å². The van der Waals surface area contributed by atoms with Gasteiger partial charge in [-0.05, 0) is 50.0 Å². The maximum atomic E-state index is 4.69. The van der Waals surface area contributed by atoms with Crippen molar-refractivity contribution < 1.29 is 0 Å². The summed E-state index contributed by atoms with van der Waals surface area (Å²) in [6, 6.07) is 6.53. The molecule has 96 valence electrons. The molecule has 0 amide bonds. The summed E-state index contributed by atoms with van der Waals surface area (Å²) in [6.45, 7) is 5.59. The summed E-state index contributed by atoms with van der Waals surface area (Å²) in [5, 5.41) is 0. The van der Waals surface area contributed by atoms with E-state index < -0.39 is 0 Å². The van der Waals surface area contributed by atoms with Gasteiger partial charge < -0.3 is 4.98 Å². The molecule has 3 rings (SSSR count). The van der Waals surface area contributed by atoms with Gasteiger partial charge in [0, 0.05) is 0 Å². The number of piperidine rings is 1. The lowest BCUT2D eigenvalue weighted by atomic mass is 10.1. The van der Waals surface area contributed by atoms with Crippen molar-refractivity contribution in [2.45, 2.75) is 39.2 Å². The Labute approximate surface area is 108 Å². The summed E-state index contributed by atoms with van der Waals surface area (Å²) in [5.74, 6) is 1.11. The van der Waals surface area contributed by atoms with E-state index in [0.717, 1.165) is 24.3 Å². The Morgan fingerprint density at radius 3 is 2.83 bits per heavy atom. The van der Waals surface area contributed by atoms with Crippen molar-refractivity contribution in [1.82, 2.24) is 14.9 Å². The minimum Gasteiger partial charge on any atom is -0.341 e. The fourth-order valence-electron chi connectivity index (χ4n) is 2.73. The number of likely N-dealkylation sites (tertiary alicyclic amines) is 1. The second-order valence-corrected chi connectivity index (χ2v) is 5.23. The molecule has 18 heavy (non-hydrogen) atoms. The average molecular weight is 243 g/mol. The third-order valence-corrected chi connectivity index (χ3v) is 3.83. The fourth-order valence-corrected chi connectivity index (χ4v) is 2.73. The number of nitrogens with one attached hydrogen (secondary N) is 1. The van der Waals surface area contributed by atoms with Crippen LogP contribution in [0.25, 0.3) is 11.0 Å². The molecule has 0 saturated carbocycles. The quantitative estimate of drug-likeness (QED) is 0.898. The number of nitrogens with zero attached hydrogens (tertiary/aromatic N) is 2. The molecule has 1 aromatic heterocycles. The molecule has 0 unspecified atom stereocenters. The zero-order chi connectivity index (χ0) is 12.4. The minimum absolute atomic E-state index is 0.968. The van der Waals surface area contributed by atoms with Crippen molar-refractivity contribution in [1.29, 1.82) is 0 Å². The second-order valence-electron chi connectivity index (χ2n) is 5.23. The first-order chi connectivity index (χ1) is 8.85. The molecule has 3 heteroatoms. The maximum Gasteiger partial charge on any atom is 0.121 e. The largest absolute Gasteiger partial charge is 0.341 e. The SMILES string of the molecule is CCc1ccc2nc(CN3CCCCC3)[nH]c2c1. The van der Waals surface area contributed by atoms with Gasteiger partial charge in [-0.3, -0.25) is 4.90 Å². The van der Waals surface area contributed by atoms with Crippen molar-refractivity contribution in [3.05, 3.63) is 29.6 Å². The molecule has 1 aliphatic heterocycles. The molecule has 1 fully saturated rings. The van der Waals surface area contributed by atoms with Gasteiger partial charge in [0.1, 0.15) is 5.82 Å². The van der Waals surface area contributed by atoms with Gasteiger partial charge >= 0.3 is 0 Å². The molecule has 1 N–H and O–H groups in total. The number of hydrogen-bond donors (Lipinski definition) is 1. The molecule has 0 atom stereocenters. The molecule has 0 aliphatic carbocycles. The number of aryl methyl sites for hydroxylation is 1. The van der Waals surface area contributed by atoms with Crippen LogP contribution in [0.1, 0.15) is 37.6 Å². The molecule has 2 heterocycles. The number of H-pyrrole nitrogens is 1. The van der Waals surface area contributed by atoms with Crippen molar-refractivity contribution in [3.8, 4) is 0 Å². The van der Waals surface area contributed by atoms with Gasteiger partial charge in [0.15, 0.2) is 0 Å². The number of hydrogen-bond acceptors (Lipinski definition) is 2. The van der Waals surface area contributed by atoms with E-state index in [4.69, 9.17) is 0 Å². The first kappa shape index (κ1) is 11.7. The topological polar surface area (TPSA) is 31.9 Å². The summed E-state index contributed by atoms with van der Waals surface area (Å²) >= 11 is 0. The lowest BCUT2D eigenvalue weighted by Gasteiger charge is -2.25. The highest BCUT2D eigenvalue weighted by Gasteiger charge is 2.12. The van der Waals surface area contributed by atoms with Crippen LogP contribution < -0.4 is 0 Å². The number of aromatic amines is 1. The standard InChI is InChI=1S/C15H21N3/c1-2-12-6-7-13-14(10-12)17-15(16-13)11-18-8-4-3-5-9-18/h6-7,10H,2-5,8-9,11H2,1H3,(H,16,17). The molecule has 1 saturated heterocycles. The highest BCUT2D eigenvalue weighted by molar-refractivity contribution is 5.75. The molecular formula is C15H21N3. The Hall–Kier alpha value is -1.35. The Morgan fingerprint density at radius 2 is 2.06 bits per heavy atom. The van der Waals surface area contributed by atoms with Gasteiger partial charge in [0.25, 0.3) is 0 Å². The molecule has 2 aromatic rings. The van der Waals surface area contributed by atoms with E-state index in [1.165, 1.54) is 43.4 Å². The molecule has 1 aromatic carbocycles. The van der Waals surface area contributed by atoms with E-state index in [1.54, 1.807) is 0 Å². The van der Waals surface area contributed by atoms with E-state index in [0.29, 0.717) is 0 Å². The molecule has 0 radical (unpaired) electrons. The molecule has 0 spiro atoms. The highest BCUT2D eigenvalue weighted by Crippen LogP contribution is 2.17. The van der Waals surface area contributed by atoms with Crippen LogP contribution in [0.4, 0.5) is 0 Å². The Morgan fingerprint density at radius 1 is 1.22 bits per heavy atom. The highest BCUT2D eigenvalue weighted by atomic mass is 15.1. The summed E-state index contributed by atoms with van der Waals surface area (Å²) in [7, 11) is 0. The number of aromatic nitrogens is 2. The zero-order valence-electron chi connectivity index (χ0n) is 11.1. The van der Waals surface area contributed by atoms with E-state index in [9.17, 15) is 0 Å². The Balaban J connectivity index is 1.79. The molecular weight excluding hydrogens is 222 g/mol. The van der Waals surface area contributed by atoms with Gasteiger partial charge in [-0.1, -0.05) is 19.4 Å². The summed E-state index contributed by atoms with van der Waals surface area (Å²) < 4.78 is 0. The Bertz CT molecular complexity index is 524. The van der Waals surface area contributed by atoms with Crippen molar-refractivity contribution >= 4 is 11.0 Å². The number of imidazole rings is 1. The average Bonchev–Trinajstić information content (AvgIpc) is 2.80. The van der Waals surface area contributed by atoms with Crippen LogP contribution in [-0.4, -0.2) is 28.0 Å². The molecule has 1 aliphatic rings. The number of rotatable bonds is 3. The van der Waals surface area contributed by atoms with Crippen molar-refractivity contribution in [2.24, 2.45) is 0 Å². The smallest absolute Gasteiger partial charge is 0.121 e. The maximum absolute atomic E-state index is 4.69. The van der Waals surface area contributed by atoms with Gasteiger partial charge in [0.05, 0.1) is 17.6 Å². The molecule has 0 bridgehead atoms. The normalized spacial score (nSPS) is 17.4. The van der Waals surface area contributed by atoms with Crippen molar-refractivity contribution in [3.63, 3.8) is 0 Å².